The molecule has 0 spiro atoms. The van der Waals surface area contributed by atoms with E-state index in [1.807, 2.05) is 0 Å². The molecule has 26 heavy (non-hydrogen) atoms. The van der Waals surface area contributed by atoms with E-state index in [9.17, 15) is 18.3 Å². The van der Waals surface area contributed by atoms with Crippen molar-refractivity contribution in [1.29, 1.82) is 0 Å². The zero-order valence-corrected chi connectivity index (χ0v) is 15.8. The van der Waals surface area contributed by atoms with Crippen LogP contribution in [-0.4, -0.2) is 59.6 Å². The van der Waals surface area contributed by atoms with E-state index < -0.39 is 22.1 Å². The Kier molecular flexibility index (Phi) is 7.39. The summed E-state index contributed by atoms with van der Waals surface area (Å²) in [7, 11) is -1.35. The molecule has 1 saturated heterocycles. The van der Waals surface area contributed by atoms with Gasteiger partial charge in [-0.2, -0.15) is 0 Å². The molecule has 1 heterocycles. The molecule has 1 atom stereocenters. The first-order chi connectivity index (χ1) is 12.4. The molecule has 0 aromatic heterocycles. The molecule has 1 aliphatic heterocycles. The maximum Gasteiger partial charge on any atom is 0.337 e. The third kappa shape index (κ3) is 5.16. The minimum atomic E-state index is -3.91. The standard InChI is InChI=1S/C17H25NO7S/c1-23-15-4-3-13(17(20)24-2)11-16(15)26(21,22)18-8-5-14(19)12-6-9-25-10-7-12/h3-4,11-12,14,18-19H,5-10H2,1-2H3. The fourth-order valence-corrected chi connectivity index (χ4v) is 4.13. The molecular formula is C17H25NO7S. The van der Waals surface area contributed by atoms with E-state index in [0.717, 1.165) is 12.8 Å². The second-order valence-electron chi connectivity index (χ2n) is 6.06. The molecular weight excluding hydrogens is 362 g/mol. The van der Waals surface area contributed by atoms with Crippen molar-refractivity contribution in [2.75, 3.05) is 34.0 Å². The molecule has 0 amide bonds. The summed E-state index contributed by atoms with van der Waals surface area (Å²) in [5, 5.41) is 10.2. The lowest BCUT2D eigenvalue weighted by molar-refractivity contribution is 0.00567. The van der Waals surface area contributed by atoms with Crippen molar-refractivity contribution >= 4 is 16.0 Å². The zero-order chi connectivity index (χ0) is 19.2. The fraction of sp³-hybridized carbons (Fsp3) is 0.588. The summed E-state index contributed by atoms with van der Waals surface area (Å²) in [5.41, 5.74) is 0.107. The van der Waals surface area contributed by atoms with Gasteiger partial charge in [-0.15, -0.1) is 0 Å². The average Bonchev–Trinajstić information content (AvgIpc) is 2.67. The van der Waals surface area contributed by atoms with Crippen LogP contribution in [0, 0.1) is 5.92 Å². The van der Waals surface area contributed by atoms with Gasteiger partial charge in [-0.3, -0.25) is 0 Å². The number of methoxy groups -OCH3 is 2. The summed E-state index contributed by atoms with van der Waals surface area (Å²) in [6.45, 7) is 1.31. The van der Waals surface area contributed by atoms with E-state index in [0.29, 0.717) is 19.6 Å². The highest BCUT2D eigenvalue weighted by Gasteiger charge is 2.24. The molecule has 0 radical (unpaired) electrons. The van der Waals surface area contributed by atoms with E-state index >= 15 is 0 Å². The highest BCUT2D eigenvalue weighted by molar-refractivity contribution is 7.89. The van der Waals surface area contributed by atoms with Crippen LogP contribution in [-0.2, 0) is 19.5 Å². The molecule has 0 saturated carbocycles. The van der Waals surface area contributed by atoms with Crippen molar-refractivity contribution in [3.8, 4) is 5.75 Å². The Balaban J connectivity index is 2.05. The number of carbonyl (C=O) groups is 1. The first-order valence-corrected chi connectivity index (χ1v) is 9.89. The average molecular weight is 387 g/mol. The summed E-state index contributed by atoms with van der Waals surface area (Å²) in [4.78, 5) is 11.5. The zero-order valence-electron chi connectivity index (χ0n) is 14.9. The quantitative estimate of drug-likeness (QED) is 0.639. The number of ether oxygens (including phenoxy) is 3. The lowest BCUT2D eigenvalue weighted by atomic mass is 9.92. The molecule has 146 valence electrons. The van der Waals surface area contributed by atoms with Gasteiger partial charge in [0.25, 0.3) is 0 Å². The summed E-state index contributed by atoms with van der Waals surface area (Å²) < 4.78 is 42.6. The Labute approximate surface area is 153 Å². The molecule has 0 bridgehead atoms. The van der Waals surface area contributed by atoms with Gasteiger partial charge in [0.1, 0.15) is 10.6 Å². The maximum atomic E-state index is 12.6. The topological polar surface area (TPSA) is 111 Å². The number of hydrogen-bond donors (Lipinski definition) is 2. The predicted octanol–water partition coefficient (Wildman–Crippen LogP) is 0.938. The number of aliphatic hydroxyl groups excluding tert-OH is 1. The summed E-state index contributed by atoms with van der Waals surface area (Å²) in [5.74, 6) is -0.403. The summed E-state index contributed by atoms with van der Waals surface area (Å²) >= 11 is 0. The van der Waals surface area contributed by atoms with Crippen LogP contribution in [0.3, 0.4) is 0 Å². The molecule has 1 aromatic rings. The normalized spacial score (nSPS) is 16.9. The van der Waals surface area contributed by atoms with Gasteiger partial charge in [-0.05, 0) is 43.4 Å². The Hall–Kier alpha value is -1.68. The molecule has 1 aromatic carbocycles. The molecule has 2 N–H and O–H groups in total. The second kappa shape index (κ2) is 9.31. The van der Waals surface area contributed by atoms with Gasteiger partial charge in [-0.1, -0.05) is 0 Å². The van der Waals surface area contributed by atoms with Crippen LogP contribution in [0.2, 0.25) is 0 Å². The van der Waals surface area contributed by atoms with Gasteiger partial charge >= 0.3 is 5.97 Å². The minimum absolute atomic E-state index is 0.0759. The molecule has 1 aliphatic rings. The molecule has 8 nitrogen and oxygen atoms in total. The smallest absolute Gasteiger partial charge is 0.337 e. The molecule has 9 heteroatoms. The van der Waals surface area contributed by atoms with Gasteiger partial charge in [0.05, 0.1) is 25.9 Å². The maximum absolute atomic E-state index is 12.6. The number of carbonyl (C=O) groups excluding carboxylic acids is 1. The van der Waals surface area contributed by atoms with Crippen LogP contribution in [0.15, 0.2) is 23.1 Å². The molecule has 1 fully saturated rings. The predicted molar refractivity (Wildman–Crippen MR) is 93.7 cm³/mol. The number of esters is 1. The highest BCUT2D eigenvalue weighted by Crippen LogP contribution is 2.25. The van der Waals surface area contributed by atoms with Crippen molar-refractivity contribution in [2.24, 2.45) is 5.92 Å². The van der Waals surface area contributed by atoms with Crippen LogP contribution in [0.5, 0.6) is 5.75 Å². The number of nitrogens with one attached hydrogen (secondary N) is 1. The fourth-order valence-electron chi connectivity index (χ4n) is 2.89. The van der Waals surface area contributed by atoms with E-state index in [1.165, 1.54) is 32.4 Å². The summed E-state index contributed by atoms with van der Waals surface area (Å²) in [6, 6.07) is 4.04. The molecule has 1 unspecified atom stereocenters. The first-order valence-electron chi connectivity index (χ1n) is 8.41. The van der Waals surface area contributed by atoms with Crippen molar-refractivity contribution in [3.05, 3.63) is 23.8 Å². The monoisotopic (exact) mass is 387 g/mol. The Morgan fingerprint density at radius 2 is 2.04 bits per heavy atom. The summed E-state index contributed by atoms with van der Waals surface area (Å²) in [6.07, 6.45) is 1.24. The highest BCUT2D eigenvalue weighted by atomic mass is 32.2. The van der Waals surface area contributed by atoms with Gasteiger partial charge in [0, 0.05) is 19.8 Å². The van der Waals surface area contributed by atoms with Gasteiger partial charge in [0.2, 0.25) is 10.0 Å². The van der Waals surface area contributed by atoms with Crippen molar-refractivity contribution in [3.63, 3.8) is 0 Å². The van der Waals surface area contributed by atoms with E-state index in [1.54, 1.807) is 0 Å². The Morgan fingerprint density at radius 3 is 2.65 bits per heavy atom. The number of aliphatic hydroxyl groups is 1. The van der Waals surface area contributed by atoms with Crippen molar-refractivity contribution in [2.45, 2.75) is 30.3 Å². The number of hydrogen-bond acceptors (Lipinski definition) is 7. The van der Waals surface area contributed by atoms with Crippen LogP contribution in [0.25, 0.3) is 0 Å². The second-order valence-corrected chi connectivity index (χ2v) is 7.80. The Bertz CT molecular complexity index is 714. The van der Waals surface area contributed by atoms with Gasteiger partial charge in [0.15, 0.2) is 0 Å². The lowest BCUT2D eigenvalue weighted by Crippen LogP contribution is -2.32. The van der Waals surface area contributed by atoms with Crippen LogP contribution >= 0.6 is 0 Å². The van der Waals surface area contributed by atoms with Crippen LogP contribution in [0.4, 0.5) is 0 Å². The third-order valence-electron chi connectivity index (χ3n) is 4.42. The van der Waals surface area contributed by atoms with Crippen molar-refractivity contribution in [1.82, 2.24) is 4.72 Å². The van der Waals surface area contributed by atoms with Crippen LogP contribution in [0.1, 0.15) is 29.6 Å². The lowest BCUT2D eigenvalue weighted by Gasteiger charge is -2.26. The third-order valence-corrected chi connectivity index (χ3v) is 5.90. The van der Waals surface area contributed by atoms with Gasteiger partial charge in [-0.25, -0.2) is 17.9 Å². The van der Waals surface area contributed by atoms with E-state index in [2.05, 4.69) is 9.46 Å². The van der Waals surface area contributed by atoms with E-state index in [-0.39, 0.29) is 28.7 Å². The number of benzene rings is 1. The van der Waals surface area contributed by atoms with Crippen LogP contribution < -0.4 is 9.46 Å². The number of rotatable bonds is 8. The Morgan fingerprint density at radius 1 is 1.35 bits per heavy atom. The molecule has 2 rings (SSSR count). The van der Waals surface area contributed by atoms with Gasteiger partial charge < -0.3 is 19.3 Å². The SMILES string of the molecule is COC(=O)c1ccc(OC)c(S(=O)(=O)NCCC(O)C2CCOCC2)c1. The largest absolute Gasteiger partial charge is 0.495 e. The minimum Gasteiger partial charge on any atom is -0.495 e. The first kappa shape index (κ1) is 20.6. The van der Waals surface area contributed by atoms with E-state index in [4.69, 9.17) is 9.47 Å². The number of sulfonamides is 1. The molecule has 0 aliphatic carbocycles. The van der Waals surface area contributed by atoms with Crippen molar-refractivity contribution < 1.29 is 32.5 Å².